The summed E-state index contributed by atoms with van der Waals surface area (Å²) >= 11 is 2.05. The molecule has 140 valence electrons. The van der Waals surface area contributed by atoms with E-state index in [1.54, 1.807) is 25.3 Å². The summed E-state index contributed by atoms with van der Waals surface area (Å²) in [5.41, 5.74) is 0.827. The zero-order chi connectivity index (χ0) is 17.9. The van der Waals surface area contributed by atoms with Gasteiger partial charge in [0.1, 0.15) is 5.75 Å². The van der Waals surface area contributed by atoms with Crippen LogP contribution in [0.5, 0.6) is 5.75 Å². The molecular formula is C18H28N2O3S2. The number of methoxy groups -OCH3 is 1. The van der Waals surface area contributed by atoms with Crippen LogP contribution in [0.1, 0.15) is 24.8 Å². The Labute approximate surface area is 155 Å². The minimum absolute atomic E-state index is 0.311. The average molecular weight is 385 g/mol. The third-order valence-corrected chi connectivity index (χ3v) is 7.88. The predicted octanol–water partition coefficient (Wildman–Crippen LogP) is 2.50. The minimum atomic E-state index is -3.46. The van der Waals surface area contributed by atoms with Crippen LogP contribution >= 0.6 is 11.8 Å². The van der Waals surface area contributed by atoms with Gasteiger partial charge < -0.3 is 4.74 Å². The lowest BCUT2D eigenvalue weighted by Gasteiger charge is -2.35. The second kappa shape index (κ2) is 8.29. The maximum absolute atomic E-state index is 12.5. The van der Waals surface area contributed by atoms with Crippen molar-refractivity contribution in [3.63, 3.8) is 0 Å². The van der Waals surface area contributed by atoms with Gasteiger partial charge in [0.05, 0.1) is 12.0 Å². The molecule has 2 saturated heterocycles. The maximum Gasteiger partial charge on any atom is 0.240 e. The molecular weight excluding hydrogens is 356 g/mol. The first-order chi connectivity index (χ1) is 12.0. The molecule has 5 nitrogen and oxygen atoms in total. The fourth-order valence-corrected chi connectivity index (χ4v) is 6.12. The van der Waals surface area contributed by atoms with E-state index in [1.165, 1.54) is 17.9 Å². The first-order valence-corrected chi connectivity index (χ1v) is 11.6. The number of thioether (sulfide) groups is 1. The number of aryl methyl sites for hydroxylation is 1. The first kappa shape index (κ1) is 19.0. The zero-order valence-electron chi connectivity index (χ0n) is 15.0. The number of nitrogens with zero attached hydrogens (tertiary/aromatic N) is 1. The zero-order valence-corrected chi connectivity index (χ0v) is 16.7. The van der Waals surface area contributed by atoms with Crippen molar-refractivity contribution in [1.29, 1.82) is 0 Å². The van der Waals surface area contributed by atoms with Crippen molar-refractivity contribution in [2.75, 3.05) is 38.2 Å². The van der Waals surface area contributed by atoms with Crippen LogP contribution in [0.15, 0.2) is 23.1 Å². The SMILES string of the molecule is COc1ccc(S(=O)(=O)NCC2CCN(C3CCSC3)CC2)cc1C. The molecule has 0 amide bonds. The lowest BCUT2D eigenvalue weighted by molar-refractivity contribution is 0.145. The van der Waals surface area contributed by atoms with E-state index in [-0.39, 0.29) is 0 Å². The van der Waals surface area contributed by atoms with Gasteiger partial charge in [-0.2, -0.15) is 11.8 Å². The van der Waals surface area contributed by atoms with Crippen molar-refractivity contribution in [3.8, 4) is 5.75 Å². The fraction of sp³-hybridized carbons (Fsp3) is 0.667. The van der Waals surface area contributed by atoms with Gasteiger partial charge in [0.25, 0.3) is 0 Å². The average Bonchev–Trinajstić information content (AvgIpc) is 3.15. The summed E-state index contributed by atoms with van der Waals surface area (Å²) < 4.78 is 33.1. The second-order valence-electron chi connectivity index (χ2n) is 6.98. The van der Waals surface area contributed by atoms with E-state index in [0.717, 1.165) is 37.5 Å². The molecule has 0 aliphatic carbocycles. The Balaban J connectivity index is 1.52. The highest BCUT2D eigenvalue weighted by molar-refractivity contribution is 7.99. The highest BCUT2D eigenvalue weighted by atomic mass is 32.2. The Bertz CT molecular complexity index is 680. The number of hydrogen-bond donors (Lipinski definition) is 1. The maximum atomic E-state index is 12.5. The Morgan fingerprint density at radius 2 is 2.04 bits per heavy atom. The summed E-state index contributed by atoms with van der Waals surface area (Å²) in [7, 11) is -1.87. The molecule has 1 atom stereocenters. The van der Waals surface area contributed by atoms with Crippen molar-refractivity contribution >= 4 is 21.8 Å². The molecule has 1 unspecified atom stereocenters. The van der Waals surface area contributed by atoms with E-state index in [0.29, 0.717) is 23.1 Å². The van der Waals surface area contributed by atoms with Crippen LogP contribution in [0.3, 0.4) is 0 Å². The van der Waals surface area contributed by atoms with Crippen LogP contribution in [0.4, 0.5) is 0 Å². The van der Waals surface area contributed by atoms with Gasteiger partial charge in [-0.25, -0.2) is 13.1 Å². The number of ether oxygens (including phenoxy) is 1. The van der Waals surface area contributed by atoms with E-state index in [9.17, 15) is 8.42 Å². The molecule has 0 aromatic heterocycles. The van der Waals surface area contributed by atoms with E-state index >= 15 is 0 Å². The van der Waals surface area contributed by atoms with Crippen LogP contribution in [-0.2, 0) is 10.0 Å². The molecule has 2 aliphatic rings. The molecule has 1 N–H and O–H groups in total. The molecule has 1 aromatic rings. The van der Waals surface area contributed by atoms with Gasteiger partial charge in [0.15, 0.2) is 0 Å². The quantitative estimate of drug-likeness (QED) is 0.817. The van der Waals surface area contributed by atoms with Crippen molar-refractivity contribution < 1.29 is 13.2 Å². The van der Waals surface area contributed by atoms with Gasteiger partial charge >= 0.3 is 0 Å². The van der Waals surface area contributed by atoms with Crippen LogP contribution in [0.25, 0.3) is 0 Å². The summed E-state index contributed by atoms with van der Waals surface area (Å²) in [5.74, 6) is 3.68. The van der Waals surface area contributed by atoms with Crippen LogP contribution in [0.2, 0.25) is 0 Å². The number of nitrogens with one attached hydrogen (secondary N) is 1. The van der Waals surface area contributed by atoms with Gasteiger partial charge in [-0.3, -0.25) is 4.90 Å². The van der Waals surface area contributed by atoms with Crippen molar-refractivity contribution in [2.45, 2.75) is 37.1 Å². The fourth-order valence-electron chi connectivity index (χ4n) is 3.66. The number of piperidine rings is 1. The Morgan fingerprint density at radius 1 is 1.28 bits per heavy atom. The smallest absolute Gasteiger partial charge is 0.240 e. The van der Waals surface area contributed by atoms with Gasteiger partial charge in [0.2, 0.25) is 10.0 Å². The van der Waals surface area contributed by atoms with Gasteiger partial charge in [-0.05, 0) is 74.7 Å². The Morgan fingerprint density at radius 3 is 2.64 bits per heavy atom. The summed E-state index contributed by atoms with van der Waals surface area (Å²) in [4.78, 5) is 2.91. The van der Waals surface area contributed by atoms with E-state index < -0.39 is 10.0 Å². The topological polar surface area (TPSA) is 58.6 Å². The van der Waals surface area contributed by atoms with Gasteiger partial charge in [0, 0.05) is 18.3 Å². The van der Waals surface area contributed by atoms with E-state index in [2.05, 4.69) is 9.62 Å². The third kappa shape index (κ3) is 4.70. The molecule has 2 heterocycles. The minimum Gasteiger partial charge on any atom is -0.496 e. The van der Waals surface area contributed by atoms with E-state index in [4.69, 9.17) is 4.74 Å². The van der Waals surface area contributed by atoms with Crippen molar-refractivity contribution in [2.24, 2.45) is 5.92 Å². The van der Waals surface area contributed by atoms with E-state index in [1.807, 2.05) is 18.7 Å². The predicted molar refractivity (Wildman–Crippen MR) is 103 cm³/mol. The first-order valence-electron chi connectivity index (χ1n) is 8.95. The molecule has 1 aromatic carbocycles. The number of rotatable bonds is 6. The lowest BCUT2D eigenvalue weighted by atomic mass is 9.96. The normalized spacial score (nSPS) is 23.0. The highest BCUT2D eigenvalue weighted by Gasteiger charge is 2.28. The summed E-state index contributed by atoms with van der Waals surface area (Å²) in [5, 5.41) is 0. The molecule has 7 heteroatoms. The van der Waals surface area contributed by atoms with Crippen LogP contribution in [0, 0.1) is 12.8 Å². The standard InChI is InChI=1S/C18H28N2O3S2/c1-14-11-17(3-4-18(14)23-2)25(21,22)19-12-15-5-8-20(9-6-15)16-7-10-24-13-16/h3-4,11,15-16,19H,5-10,12-13H2,1-2H3. The number of sulfonamides is 1. The molecule has 0 bridgehead atoms. The molecule has 0 saturated carbocycles. The van der Waals surface area contributed by atoms with Gasteiger partial charge in [-0.15, -0.1) is 0 Å². The largest absolute Gasteiger partial charge is 0.496 e. The third-order valence-electron chi connectivity index (χ3n) is 5.31. The monoisotopic (exact) mass is 384 g/mol. The van der Waals surface area contributed by atoms with Crippen molar-refractivity contribution in [3.05, 3.63) is 23.8 Å². The van der Waals surface area contributed by atoms with Crippen LogP contribution < -0.4 is 9.46 Å². The number of likely N-dealkylation sites (tertiary alicyclic amines) is 1. The Kier molecular flexibility index (Phi) is 6.30. The van der Waals surface area contributed by atoms with Gasteiger partial charge in [-0.1, -0.05) is 0 Å². The summed E-state index contributed by atoms with van der Waals surface area (Å²) in [6, 6.07) is 5.72. The molecule has 2 aliphatic heterocycles. The number of benzene rings is 1. The van der Waals surface area contributed by atoms with Crippen molar-refractivity contribution in [1.82, 2.24) is 9.62 Å². The lowest BCUT2D eigenvalue weighted by Crippen LogP contribution is -2.43. The second-order valence-corrected chi connectivity index (χ2v) is 9.90. The molecule has 0 radical (unpaired) electrons. The molecule has 2 fully saturated rings. The molecule has 3 rings (SSSR count). The number of hydrogen-bond acceptors (Lipinski definition) is 5. The molecule has 25 heavy (non-hydrogen) atoms. The highest BCUT2D eigenvalue weighted by Crippen LogP contribution is 2.27. The Hall–Kier alpha value is -0.760. The summed E-state index contributed by atoms with van der Waals surface area (Å²) in [6.45, 7) is 4.58. The van der Waals surface area contributed by atoms with Crippen LogP contribution in [-0.4, -0.2) is 57.6 Å². The summed E-state index contributed by atoms with van der Waals surface area (Å²) in [6.07, 6.45) is 3.45. The molecule has 0 spiro atoms.